The molecule has 1 aromatic carbocycles. The summed E-state index contributed by atoms with van der Waals surface area (Å²) in [6, 6.07) is 4.72. The van der Waals surface area contributed by atoms with Crippen LogP contribution in [0.5, 0.6) is 5.88 Å². The first-order valence-electron chi connectivity index (χ1n) is 10.5. The summed E-state index contributed by atoms with van der Waals surface area (Å²) in [5, 5.41) is 4.48. The lowest BCUT2D eigenvalue weighted by Crippen LogP contribution is -2.17. The van der Waals surface area contributed by atoms with Crippen molar-refractivity contribution in [3.05, 3.63) is 52.2 Å². The van der Waals surface area contributed by atoms with E-state index >= 15 is 0 Å². The normalized spacial score (nSPS) is 16.7. The maximum atomic E-state index is 13.6. The van der Waals surface area contributed by atoms with Crippen LogP contribution in [-0.2, 0) is 21.7 Å². The first kappa shape index (κ1) is 21.5. The first-order chi connectivity index (χ1) is 14.7. The third-order valence-corrected chi connectivity index (χ3v) is 6.87. The Hall–Kier alpha value is -2.74. The molecule has 1 aromatic heterocycles. The highest BCUT2D eigenvalue weighted by Crippen LogP contribution is 2.44. The van der Waals surface area contributed by atoms with Crippen molar-refractivity contribution in [2.45, 2.75) is 56.3 Å². The number of hydrogen-bond acceptors (Lipinski definition) is 6. The van der Waals surface area contributed by atoms with E-state index in [0.717, 1.165) is 43.9 Å². The van der Waals surface area contributed by atoms with Crippen LogP contribution in [0.25, 0.3) is 0 Å². The van der Waals surface area contributed by atoms with Crippen molar-refractivity contribution in [3.63, 3.8) is 0 Å². The zero-order valence-corrected chi connectivity index (χ0v) is 18.8. The van der Waals surface area contributed by atoms with E-state index < -0.39 is 21.6 Å². The van der Waals surface area contributed by atoms with Crippen LogP contribution >= 0.6 is 0 Å². The van der Waals surface area contributed by atoms with Crippen molar-refractivity contribution in [3.8, 4) is 5.88 Å². The highest BCUT2D eigenvalue weighted by molar-refractivity contribution is 7.90. The second-order valence-corrected chi connectivity index (χ2v) is 10.4. The molecule has 8 heteroatoms. The summed E-state index contributed by atoms with van der Waals surface area (Å²) in [6.07, 6.45) is 8.19. The predicted molar refractivity (Wildman–Crippen MR) is 115 cm³/mol. The van der Waals surface area contributed by atoms with E-state index in [1.807, 2.05) is 6.08 Å². The number of carbonyl (C=O) groups is 2. The van der Waals surface area contributed by atoms with E-state index in [9.17, 15) is 18.0 Å². The fourth-order valence-corrected chi connectivity index (χ4v) is 4.90. The Morgan fingerprint density at radius 2 is 1.94 bits per heavy atom. The number of ether oxygens (including phenoxy) is 1. The molecule has 0 saturated heterocycles. The highest BCUT2D eigenvalue weighted by Gasteiger charge is 2.37. The molecular weight excluding hydrogens is 416 g/mol. The molecule has 4 rings (SSSR count). The van der Waals surface area contributed by atoms with Crippen LogP contribution < -0.4 is 4.74 Å². The zero-order chi connectivity index (χ0) is 22.3. The van der Waals surface area contributed by atoms with Gasteiger partial charge in [0.25, 0.3) is 0 Å². The SMILES string of the molecule is Cc1ccc(C(=O)c2c(C3CC3)nn(C)c2OC(=O)C2=CCCCC2)c(S(C)(=O)=O)c1. The second kappa shape index (κ2) is 8.07. The number of aryl methyl sites for hydroxylation is 2. The van der Waals surface area contributed by atoms with Crippen molar-refractivity contribution in [2.24, 2.45) is 7.05 Å². The summed E-state index contributed by atoms with van der Waals surface area (Å²) < 4.78 is 31.9. The number of aromatic nitrogens is 2. The van der Waals surface area contributed by atoms with Crippen molar-refractivity contribution >= 4 is 21.6 Å². The van der Waals surface area contributed by atoms with Crippen molar-refractivity contribution in [1.29, 1.82) is 0 Å². The lowest BCUT2D eigenvalue weighted by molar-refractivity contribution is -0.130. The average Bonchev–Trinajstić information content (AvgIpc) is 3.52. The fraction of sp³-hybridized carbons (Fsp3) is 0.435. The maximum Gasteiger partial charge on any atom is 0.340 e. The molecule has 0 radical (unpaired) electrons. The van der Waals surface area contributed by atoms with E-state index in [1.165, 1.54) is 16.8 Å². The Balaban J connectivity index is 1.80. The van der Waals surface area contributed by atoms with Crippen LogP contribution in [-0.4, -0.2) is 36.2 Å². The van der Waals surface area contributed by atoms with Crippen molar-refractivity contribution in [1.82, 2.24) is 9.78 Å². The molecule has 0 N–H and O–H groups in total. The number of sulfone groups is 1. The predicted octanol–water partition coefficient (Wildman–Crippen LogP) is 3.65. The monoisotopic (exact) mass is 442 g/mol. The number of rotatable bonds is 6. The van der Waals surface area contributed by atoms with Crippen LogP contribution in [0.3, 0.4) is 0 Å². The third-order valence-electron chi connectivity index (χ3n) is 5.74. The van der Waals surface area contributed by atoms with Crippen LogP contribution in [0.15, 0.2) is 34.7 Å². The summed E-state index contributed by atoms with van der Waals surface area (Å²) in [6.45, 7) is 1.77. The maximum absolute atomic E-state index is 13.6. The molecule has 1 fully saturated rings. The van der Waals surface area contributed by atoms with E-state index in [1.54, 1.807) is 20.0 Å². The molecule has 1 saturated carbocycles. The van der Waals surface area contributed by atoms with Crippen LogP contribution in [0.1, 0.15) is 71.6 Å². The van der Waals surface area contributed by atoms with Gasteiger partial charge in [0.15, 0.2) is 9.84 Å². The van der Waals surface area contributed by atoms with Gasteiger partial charge in [-0.15, -0.1) is 0 Å². The second-order valence-electron chi connectivity index (χ2n) is 8.43. The van der Waals surface area contributed by atoms with E-state index in [-0.39, 0.29) is 27.8 Å². The van der Waals surface area contributed by atoms with Crippen LogP contribution in [0.4, 0.5) is 0 Å². The van der Waals surface area contributed by atoms with Gasteiger partial charge in [-0.3, -0.25) is 4.79 Å². The minimum absolute atomic E-state index is 0.0321. The lowest BCUT2D eigenvalue weighted by Gasteiger charge is -2.13. The molecule has 0 spiro atoms. The van der Waals surface area contributed by atoms with Gasteiger partial charge >= 0.3 is 5.97 Å². The molecule has 1 heterocycles. The van der Waals surface area contributed by atoms with Gasteiger partial charge in [0, 0.05) is 30.4 Å². The standard InChI is InChI=1S/C23H26N2O5S/c1-14-9-12-17(18(13-14)31(3,28)29)21(26)19-20(15-10-11-15)24-25(2)22(19)30-23(27)16-7-5-4-6-8-16/h7,9,12-13,15H,4-6,8,10-11H2,1-3H3. The Morgan fingerprint density at radius 1 is 1.19 bits per heavy atom. The molecule has 2 aromatic rings. The van der Waals surface area contributed by atoms with Gasteiger partial charge in [0.1, 0.15) is 5.56 Å². The van der Waals surface area contributed by atoms with Gasteiger partial charge < -0.3 is 4.74 Å². The smallest absolute Gasteiger partial charge is 0.340 e. The number of nitrogens with zero attached hydrogens (tertiary/aromatic N) is 2. The van der Waals surface area contributed by atoms with E-state index in [4.69, 9.17) is 4.74 Å². The summed E-state index contributed by atoms with van der Waals surface area (Å²) in [5.41, 5.74) is 2.15. The summed E-state index contributed by atoms with van der Waals surface area (Å²) in [4.78, 5) is 26.4. The Kier molecular flexibility index (Phi) is 5.60. The van der Waals surface area contributed by atoms with Gasteiger partial charge in [-0.05, 0) is 63.1 Å². The highest BCUT2D eigenvalue weighted by atomic mass is 32.2. The van der Waals surface area contributed by atoms with Gasteiger partial charge in [0.05, 0.1) is 10.6 Å². The molecule has 7 nitrogen and oxygen atoms in total. The average molecular weight is 443 g/mol. The molecule has 0 amide bonds. The topological polar surface area (TPSA) is 95.3 Å². The van der Waals surface area contributed by atoms with Crippen molar-refractivity contribution < 1.29 is 22.7 Å². The van der Waals surface area contributed by atoms with Crippen molar-refractivity contribution in [2.75, 3.05) is 6.26 Å². The number of esters is 1. The molecule has 0 unspecified atom stereocenters. The van der Waals surface area contributed by atoms with Gasteiger partial charge in [-0.25, -0.2) is 17.9 Å². The van der Waals surface area contributed by atoms with Crippen LogP contribution in [0.2, 0.25) is 0 Å². The molecule has 0 atom stereocenters. The molecule has 0 bridgehead atoms. The first-order valence-corrected chi connectivity index (χ1v) is 12.4. The molecule has 164 valence electrons. The molecule has 31 heavy (non-hydrogen) atoms. The van der Waals surface area contributed by atoms with Gasteiger partial charge in [-0.1, -0.05) is 12.1 Å². The van der Waals surface area contributed by atoms with E-state index in [0.29, 0.717) is 17.7 Å². The van der Waals surface area contributed by atoms with Crippen LogP contribution in [0, 0.1) is 6.92 Å². The fourth-order valence-electron chi connectivity index (χ4n) is 3.94. The van der Waals surface area contributed by atoms with E-state index in [2.05, 4.69) is 5.10 Å². The summed E-state index contributed by atoms with van der Waals surface area (Å²) in [5.74, 6) is -0.788. The quantitative estimate of drug-likeness (QED) is 0.501. The number of carbonyl (C=O) groups excluding carboxylic acids is 2. The van der Waals surface area contributed by atoms with Gasteiger partial charge in [-0.2, -0.15) is 5.10 Å². The number of ketones is 1. The number of hydrogen-bond donors (Lipinski definition) is 0. The number of benzene rings is 1. The Bertz CT molecular complexity index is 1200. The Labute approximate surface area is 182 Å². The zero-order valence-electron chi connectivity index (χ0n) is 18.0. The summed E-state index contributed by atoms with van der Waals surface area (Å²) >= 11 is 0. The molecular formula is C23H26N2O5S. The van der Waals surface area contributed by atoms with Gasteiger partial charge in [0.2, 0.25) is 11.7 Å². The minimum Gasteiger partial charge on any atom is -0.404 e. The summed E-state index contributed by atoms with van der Waals surface area (Å²) in [7, 11) is -2.01. The minimum atomic E-state index is -3.64. The molecule has 0 aliphatic heterocycles. The molecule has 2 aliphatic rings. The molecule has 2 aliphatic carbocycles. The number of allylic oxidation sites excluding steroid dienone is 1. The Morgan fingerprint density at radius 3 is 2.55 bits per heavy atom. The third kappa shape index (κ3) is 4.35. The lowest BCUT2D eigenvalue weighted by atomic mass is 9.99. The largest absolute Gasteiger partial charge is 0.404 e.